The van der Waals surface area contributed by atoms with Gasteiger partial charge in [-0.3, -0.25) is 4.79 Å². The molecule has 3 rings (SSSR count). The number of hydrogen-bond donors (Lipinski definition) is 2. The Labute approximate surface area is 140 Å². The van der Waals surface area contributed by atoms with E-state index in [1.807, 2.05) is 30.0 Å². The lowest BCUT2D eigenvalue weighted by Gasteiger charge is -2.24. The maximum Gasteiger partial charge on any atom is 0.256 e. The van der Waals surface area contributed by atoms with Crippen LogP contribution in [-0.2, 0) is 6.42 Å². The number of aliphatic hydroxyl groups is 1. The molecule has 24 heavy (non-hydrogen) atoms. The van der Waals surface area contributed by atoms with Crippen LogP contribution in [0.2, 0.25) is 0 Å². The number of aryl methyl sites for hydroxylation is 2. The standard InChI is InChI=1S/C17H22N4O3/c1-3-13-15(12(2)24-20-13)16(22)19-10-17(23)7-9-21(11-17)14-6-4-5-8-18-14/h4-6,8,23H,3,7,9-11H2,1-2H3,(H,19,22)/t17-/m0/s1. The van der Waals surface area contributed by atoms with Crippen molar-refractivity contribution in [2.75, 3.05) is 24.5 Å². The minimum absolute atomic E-state index is 0.183. The predicted octanol–water partition coefficient (Wildman–Crippen LogP) is 1.31. The van der Waals surface area contributed by atoms with E-state index >= 15 is 0 Å². The van der Waals surface area contributed by atoms with E-state index in [0.717, 1.165) is 5.82 Å². The third-order valence-electron chi connectivity index (χ3n) is 4.38. The number of hydrogen-bond acceptors (Lipinski definition) is 6. The summed E-state index contributed by atoms with van der Waals surface area (Å²) in [5.41, 5.74) is 0.143. The van der Waals surface area contributed by atoms with Gasteiger partial charge in [-0.25, -0.2) is 4.98 Å². The Morgan fingerprint density at radius 2 is 2.33 bits per heavy atom. The average Bonchev–Trinajstić information content (AvgIpc) is 3.17. The zero-order valence-corrected chi connectivity index (χ0v) is 14.0. The SMILES string of the molecule is CCc1noc(C)c1C(=O)NC[C@@]1(O)CCN(c2ccccn2)C1. The van der Waals surface area contributed by atoms with Crippen molar-refractivity contribution >= 4 is 11.7 Å². The number of β-amino-alcohol motifs (C(OH)–C–C–N with tert-alkyl or cyclic N) is 1. The van der Waals surface area contributed by atoms with Gasteiger partial charge in [0.1, 0.15) is 22.7 Å². The summed E-state index contributed by atoms with van der Waals surface area (Å²) >= 11 is 0. The molecule has 1 aliphatic heterocycles. The molecule has 7 heteroatoms. The Hall–Kier alpha value is -2.41. The third kappa shape index (κ3) is 3.26. The molecular formula is C17H22N4O3. The Morgan fingerprint density at radius 1 is 1.50 bits per heavy atom. The third-order valence-corrected chi connectivity index (χ3v) is 4.38. The molecule has 1 saturated heterocycles. The molecule has 0 bridgehead atoms. The zero-order valence-electron chi connectivity index (χ0n) is 14.0. The van der Waals surface area contributed by atoms with Crippen LogP contribution in [0.1, 0.15) is 35.2 Å². The van der Waals surface area contributed by atoms with Gasteiger partial charge in [-0.2, -0.15) is 0 Å². The summed E-state index contributed by atoms with van der Waals surface area (Å²) in [6.07, 6.45) is 2.93. The van der Waals surface area contributed by atoms with E-state index in [2.05, 4.69) is 15.5 Å². The van der Waals surface area contributed by atoms with Gasteiger partial charge in [-0.1, -0.05) is 18.1 Å². The summed E-state index contributed by atoms with van der Waals surface area (Å²) in [6, 6.07) is 5.69. The molecule has 2 aromatic rings. The van der Waals surface area contributed by atoms with Gasteiger partial charge in [0.05, 0.1) is 5.69 Å². The second-order valence-corrected chi connectivity index (χ2v) is 6.18. The van der Waals surface area contributed by atoms with Gasteiger partial charge < -0.3 is 19.8 Å². The van der Waals surface area contributed by atoms with E-state index in [0.29, 0.717) is 42.9 Å². The quantitative estimate of drug-likeness (QED) is 0.859. The number of aromatic nitrogens is 2. The molecule has 1 fully saturated rings. The Kier molecular flexibility index (Phi) is 4.53. The Bertz CT molecular complexity index is 716. The summed E-state index contributed by atoms with van der Waals surface area (Å²) < 4.78 is 5.09. The van der Waals surface area contributed by atoms with Crippen molar-refractivity contribution in [3.05, 3.63) is 41.4 Å². The molecular weight excluding hydrogens is 308 g/mol. The number of rotatable bonds is 5. The van der Waals surface area contributed by atoms with Gasteiger partial charge in [-0.15, -0.1) is 0 Å². The molecule has 3 heterocycles. The van der Waals surface area contributed by atoms with Crippen LogP contribution in [0, 0.1) is 6.92 Å². The van der Waals surface area contributed by atoms with Crippen LogP contribution in [0.25, 0.3) is 0 Å². The highest BCUT2D eigenvalue weighted by atomic mass is 16.5. The summed E-state index contributed by atoms with van der Waals surface area (Å²) in [6.45, 7) is 4.96. The lowest BCUT2D eigenvalue weighted by Crippen LogP contribution is -2.45. The van der Waals surface area contributed by atoms with Crippen molar-refractivity contribution in [1.82, 2.24) is 15.5 Å². The molecule has 128 valence electrons. The molecule has 1 atom stereocenters. The molecule has 0 saturated carbocycles. The van der Waals surface area contributed by atoms with Crippen LogP contribution >= 0.6 is 0 Å². The van der Waals surface area contributed by atoms with Crippen molar-refractivity contribution in [3.8, 4) is 0 Å². The van der Waals surface area contributed by atoms with Gasteiger partial charge in [0.15, 0.2) is 0 Å². The van der Waals surface area contributed by atoms with Gasteiger partial charge in [-0.05, 0) is 31.9 Å². The largest absolute Gasteiger partial charge is 0.386 e. The highest BCUT2D eigenvalue weighted by Crippen LogP contribution is 2.25. The molecule has 0 spiro atoms. The molecule has 1 amide bonds. The van der Waals surface area contributed by atoms with Crippen LogP contribution < -0.4 is 10.2 Å². The fourth-order valence-electron chi connectivity index (χ4n) is 3.02. The first-order valence-electron chi connectivity index (χ1n) is 8.14. The Morgan fingerprint density at radius 3 is 3.04 bits per heavy atom. The number of amides is 1. The smallest absolute Gasteiger partial charge is 0.256 e. The van der Waals surface area contributed by atoms with E-state index in [1.165, 1.54) is 0 Å². The fraction of sp³-hybridized carbons (Fsp3) is 0.471. The van der Waals surface area contributed by atoms with Crippen molar-refractivity contribution in [3.63, 3.8) is 0 Å². The van der Waals surface area contributed by atoms with Crippen molar-refractivity contribution in [2.24, 2.45) is 0 Å². The second kappa shape index (κ2) is 6.60. The maximum atomic E-state index is 12.4. The summed E-state index contributed by atoms with van der Waals surface area (Å²) in [5, 5.41) is 17.5. The first kappa shape index (κ1) is 16.4. The highest BCUT2D eigenvalue weighted by molar-refractivity contribution is 5.96. The van der Waals surface area contributed by atoms with Gasteiger partial charge in [0.2, 0.25) is 0 Å². The predicted molar refractivity (Wildman–Crippen MR) is 89.0 cm³/mol. The first-order chi connectivity index (χ1) is 11.5. The minimum Gasteiger partial charge on any atom is -0.386 e. The number of anilines is 1. The fourth-order valence-corrected chi connectivity index (χ4v) is 3.02. The van der Waals surface area contributed by atoms with Crippen molar-refractivity contribution in [2.45, 2.75) is 32.3 Å². The number of carbonyl (C=O) groups excluding carboxylic acids is 1. The monoisotopic (exact) mass is 330 g/mol. The highest BCUT2D eigenvalue weighted by Gasteiger charge is 2.37. The molecule has 0 radical (unpaired) electrons. The molecule has 7 nitrogen and oxygen atoms in total. The van der Waals surface area contributed by atoms with Gasteiger partial charge in [0.25, 0.3) is 5.91 Å². The molecule has 0 aromatic carbocycles. The van der Waals surface area contributed by atoms with E-state index in [-0.39, 0.29) is 12.5 Å². The van der Waals surface area contributed by atoms with E-state index in [4.69, 9.17) is 4.52 Å². The normalized spacial score (nSPS) is 20.4. The maximum absolute atomic E-state index is 12.4. The van der Waals surface area contributed by atoms with Gasteiger partial charge in [0, 0.05) is 25.8 Å². The lowest BCUT2D eigenvalue weighted by atomic mass is 10.0. The summed E-state index contributed by atoms with van der Waals surface area (Å²) in [5.74, 6) is 1.08. The van der Waals surface area contributed by atoms with Crippen molar-refractivity contribution in [1.29, 1.82) is 0 Å². The van der Waals surface area contributed by atoms with Crippen LogP contribution in [0.15, 0.2) is 28.9 Å². The Balaban J connectivity index is 1.62. The molecule has 2 aromatic heterocycles. The molecule has 0 aliphatic carbocycles. The van der Waals surface area contributed by atoms with Crippen LogP contribution in [-0.4, -0.2) is 46.4 Å². The molecule has 1 aliphatic rings. The minimum atomic E-state index is -0.968. The van der Waals surface area contributed by atoms with E-state index in [9.17, 15) is 9.90 Å². The second-order valence-electron chi connectivity index (χ2n) is 6.18. The summed E-state index contributed by atoms with van der Waals surface area (Å²) in [4.78, 5) is 18.7. The topological polar surface area (TPSA) is 91.5 Å². The van der Waals surface area contributed by atoms with E-state index < -0.39 is 5.60 Å². The van der Waals surface area contributed by atoms with Gasteiger partial charge >= 0.3 is 0 Å². The lowest BCUT2D eigenvalue weighted by molar-refractivity contribution is 0.0575. The molecule has 0 unspecified atom stereocenters. The van der Waals surface area contributed by atoms with Crippen LogP contribution in [0.4, 0.5) is 5.82 Å². The number of nitrogens with one attached hydrogen (secondary N) is 1. The number of nitrogens with zero attached hydrogens (tertiary/aromatic N) is 3. The van der Waals surface area contributed by atoms with Crippen LogP contribution in [0.5, 0.6) is 0 Å². The average molecular weight is 330 g/mol. The van der Waals surface area contributed by atoms with Crippen molar-refractivity contribution < 1.29 is 14.4 Å². The van der Waals surface area contributed by atoms with E-state index in [1.54, 1.807) is 13.1 Å². The van der Waals surface area contributed by atoms with Crippen LogP contribution in [0.3, 0.4) is 0 Å². The molecule has 2 N–H and O–H groups in total. The zero-order chi connectivity index (χ0) is 17.2. The summed E-state index contributed by atoms with van der Waals surface area (Å²) in [7, 11) is 0. The number of carbonyl (C=O) groups is 1. The first-order valence-corrected chi connectivity index (χ1v) is 8.14. The number of pyridine rings is 1.